The van der Waals surface area contributed by atoms with Crippen molar-refractivity contribution in [2.45, 2.75) is 13.8 Å². The molecule has 0 saturated heterocycles. The number of benzene rings is 1. The number of furan rings is 1. The predicted molar refractivity (Wildman–Crippen MR) is 129 cm³/mol. The first-order valence-electron chi connectivity index (χ1n) is 11.2. The second-order valence-corrected chi connectivity index (χ2v) is 7.65. The highest BCUT2D eigenvalue weighted by Crippen LogP contribution is 2.28. The quantitative estimate of drug-likeness (QED) is 0.344. The Morgan fingerprint density at radius 3 is 2.76 bits per heavy atom. The van der Waals surface area contributed by atoms with Crippen molar-refractivity contribution in [1.82, 2.24) is 24.5 Å². The Balaban J connectivity index is 1.35. The number of pyridine rings is 2. The van der Waals surface area contributed by atoms with E-state index >= 15 is 0 Å². The number of aromatic nitrogens is 4. The average Bonchev–Trinajstić information content (AvgIpc) is 3.45. The van der Waals surface area contributed by atoms with E-state index in [0.717, 1.165) is 53.4 Å². The zero-order chi connectivity index (χ0) is 22.6. The molecular weight excluding hydrogens is 416 g/mol. The number of hydrogen-bond acceptors (Lipinski definition) is 7. The van der Waals surface area contributed by atoms with Gasteiger partial charge in [0.15, 0.2) is 11.4 Å². The normalized spacial score (nSPS) is 11.5. The van der Waals surface area contributed by atoms with Crippen molar-refractivity contribution in [1.29, 1.82) is 0 Å². The van der Waals surface area contributed by atoms with E-state index in [1.165, 1.54) is 0 Å². The first kappa shape index (κ1) is 21.0. The van der Waals surface area contributed by atoms with Crippen molar-refractivity contribution >= 4 is 28.3 Å². The van der Waals surface area contributed by atoms with Gasteiger partial charge in [-0.05, 0) is 43.4 Å². The van der Waals surface area contributed by atoms with Crippen LogP contribution in [-0.2, 0) is 0 Å². The maximum absolute atomic E-state index is 6.04. The maximum Gasteiger partial charge on any atom is 0.247 e. The maximum atomic E-state index is 6.04. The molecule has 1 aromatic carbocycles. The summed E-state index contributed by atoms with van der Waals surface area (Å²) < 4.78 is 13.7. The lowest BCUT2D eigenvalue weighted by atomic mass is 10.2. The van der Waals surface area contributed by atoms with Crippen LogP contribution in [0, 0.1) is 0 Å². The summed E-state index contributed by atoms with van der Waals surface area (Å²) in [6.07, 6.45) is 1.71. The van der Waals surface area contributed by atoms with E-state index in [1.54, 1.807) is 10.7 Å². The number of likely N-dealkylation sites (N-methyl/N-ethyl adjacent to an activating group) is 1. The van der Waals surface area contributed by atoms with Crippen LogP contribution in [0.4, 0.5) is 11.6 Å². The minimum atomic E-state index is 0.485. The van der Waals surface area contributed by atoms with Gasteiger partial charge in [-0.25, -0.2) is 9.50 Å². The minimum absolute atomic E-state index is 0.485. The van der Waals surface area contributed by atoms with Crippen LogP contribution in [0.25, 0.3) is 28.1 Å². The van der Waals surface area contributed by atoms with Crippen molar-refractivity contribution in [2.75, 3.05) is 31.6 Å². The summed E-state index contributed by atoms with van der Waals surface area (Å²) in [6.45, 7) is 7.76. The fourth-order valence-corrected chi connectivity index (χ4v) is 3.77. The van der Waals surface area contributed by atoms with Crippen LogP contribution < -0.4 is 10.1 Å². The molecule has 168 valence electrons. The molecule has 5 rings (SSSR count). The van der Waals surface area contributed by atoms with E-state index in [0.29, 0.717) is 18.4 Å². The Kier molecular flexibility index (Phi) is 5.91. The first-order chi connectivity index (χ1) is 16.2. The summed E-state index contributed by atoms with van der Waals surface area (Å²) in [6, 6.07) is 19.5. The second-order valence-electron chi connectivity index (χ2n) is 7.65. The molecule has 5 aromatic rings. The van der Waals surface area contributed by atoms with Crippen LogP contribution in [0.5, 0.6) is 5.88 Å². The van der Waals surface area contributed by atoms with E-state index < -0.39 is 0 Å². The van der Waals surface area contributed by atoms with Gasteiger partial charge in [0, 0.05) is 29.9 Å². The molecule has 8 nitrogen and oxygen atoms in total. The van der Waals surface area contributed by atoms with Crippen LogP contribution in [0.15, 0.2) is 71.3 Å². The van der Waals surface area contributed by atoms with Gasteiger partial charge in [0.05, 0.1) is 0 Å². The summed E-state index contributed by atoms with van der Waals surface area (Å²) in [5.41, 5.74) is 3.21. The summed E-state index contributed by atoms with van der Waals surface area (Å²) >= 11 is 0. The van der Waals surface area contributed by atoms with Crippen molar-refractivity contribution in [3.05, 3.63) is 66.9 Å². The minimum Gasteiger partial charge on any atom is -0.476 e. The summed E-state index contributed by atoms with van der Waals surface area (Å²) in [7, 11) is 0. The molecule has 0 spiro atoms. The summed E-state index contributed by atoms with van der Waals surface area (Å²) in [5.74, 6) is 1.80. The van der Waals surface area contributed by atoms with Crippen molar-refractivity contribution in [3.63, 3.8) is 0 Å². The number of hydrogen-bond donors (Lipinski definition) is 1. The van der Waals surface area contributed by atoms with Gasteiger partial charge in [0.2, 0.25) is 11.8 Å². The van der Waals surface area contributed by atoms with Gasteiger partial charge in [-0.3, -0.25) is 0 Å². The largest absolute Gasteiger partial charge is 0.476 e. The third-order valence-corrected chi connectivity index (χ3v) is 5.58. The Labute approximate surface area is 191 Å². The molecular formula is C25H26N6O2. The Morgan fingerprint density at radius 2 is 1.91 bits per heavy atom. The molecule has 0 amide bonds. The van der Waals surface area contributed by atoms with E-state index in [-0.39, 0.29) is 0 Å². The predicted octanol–water partition coefficient (Wildman–Crippen LogP) is 5.00. The molecule has 4 heterocycles. The van der Waals surface area contributed by atoms with Crippen molar-refractivity contribution in [2.24, 2.45) is 0 Å². The molecule has 0 radical (unpaired) electrons. The molecule has 0 atom stereocenters. The van der Waals surface area contributed by atoms with Gasteiger partial charge in [0.25, 0.3) is 0 Å². The lowest BCUT2D eigenvalue weighted by Gasteiger charge is -2.17. The molecule has 0 bridgehead atoms. The first-order valence-corrected chi connectivity index (χ1v) is 11.2. The third kappa shape index (κ3) is 4.51. The van der Waals surface area contributed by atoms with Crippen LogP contribution in [0.3, 0.4) is 0 Å². The third-order valence-electron chi connectivity index (χ3n) is 5.58. The van der Waals surface area contributed by atoms with Gasteiger partial charge in [0.1, 0.15) is 17.9 Å². The Morgan fingerprint density at radius 1 is 1.03 bits per heavy atom. The van der Waals surface area contributed by atoms with E-state index in [4.69, 9.17) is 9.15 Å². The monoisotopic (exact) mass is 442 g/mol. The Bertz CT molecular complexity index is 1340. The number of rotatable bonds is 9. The van der Waals surface area contributed by atoms with Crippen LogP contribution in [-0.4, -0.2) is 50.7 Å². The van der Waals surface area contributed by atoms with E-state index in [9.17, 15) is 0 Å². The van der Waals surface area contributed by atoms with Gasteiger partial charge in [-0.15, -0.1) is 5.10 Å². The molecule has 0 fully saturated rings. The molecule has 8 heteroatoms. The van der Waals surface area contributed by atoms with Gasteiger partial charge < -0.3 is 19.4 Å². The molecule has 0 aliphatic rings. The van der Waals surface area contributed by atoms with Crippen molar-refractivity contribution < 1.29 is 9.15 Å². The standard InChI is InChI=1S/C25H26N6O2/c1-3-30(4-2)14-15-32-24-17-19(12-13-26-24)27-25-28-23-11-7-9-20(31(23)29-25)22-16-18-8-5-6-10-21(18)33-22/h5-13,16-17H,3-4,14-15H2,1-2H3,(H,26,27,29). The summed E-state index contributed by atoms with van der Waals surface area (Å²) in [5, 5.41) is 8.96. The number of para-hydroxylation sites is 1. The highest BCUT2D eigenvalue weighted by Gasteiger charge is 2.13. The summed E-state index contributed by atoms with van der Waals surface area (Å²) in [4.78, 5) is 11.2. The highest BCUT2D eigenvalue weighted by atomic mass is 16.5. The zero-order valence-corrected chi connectivity index (χ0v) is 18.7. The van der Waals surface area contributed by atoms with Crippen LogP contribution in [0.2, 0.25) is 0 Å². The van der Waals surface area contributed by atoms with Gasteiger partial charge >= 0.3 is 0 Å². The SMILES string of the molecule is CCN(CC)CCOc1cc(Nc2nc3cccc(-c4cc5ccccc5o4)n3n2)ccn1. The smallest absolute Gasteiger partial charge is 0.247 e. The number of nitrogens with one attached hydrogen (secondary N) is 1. The van der Waals surface area contributed by atoms with E-state index in [1.807, 2.05) is 60.7 Å². The fraction of sp³-hybridized carbons (Fsp3) is 0.240. The van der Waals surface area contributed by atoms with E-state index in [2.05, 4.69) is 39.1 Å². The number of anilines is 2. The number of fused-ring (bicyclic) bond motifs is 2. The highest BCUT2D eigenvalue weighted by molar-refractivity contribution is 5.82. The lowest BCUT2D eigenvalue weighted by Crippen LogP contribution is -2.28. The Hall–Kier alpha value is -3.91. The molecule has 0 saturated carbocycles. The molecule has 0 aliphatic carbocycles. The topological polar surface area (TPSA) is 80.7 Å². The van der Waals surface area contributed by atoms with Crippen LogP contribution >= 0.6 is 0 Å². The lowest BCUT2D eigenvalue weighted by molar-refractivity contribution is 0.218. The molecule has 1 N–H and O–H groups in total. The second kappa shape index (κ2) is 9.30. The van der Waals surface area contributed by atoms with Gasteiger partial charge in [-0.1, -0.05) is 38.1 Å². The molecule has 0 aliphatic heterocycles. The molecule has 33 heavy (non-hydrogen) atoms. The molecule has 0 unspecified atom stereocenters. The zero-order valence-electron chi connectivity index (χ0n) is 18.7. The number of ether oxygens (including phenoxy) is 1. The van der Waals surface area contributed by atoms with Crippen LogP contribution in [0.1, 0.15) is 13.8 Å². The van der Waals surface area contributed by atoms with Gasteiger partial charge in [-0.2, -0.15) is 4.98 Å². The fourth-order valence-electron chi connectivity index (χ4n) is 3.77. The average molecular weight is 443 g/mol. The number of nitrogens with zero attached hydrogens (tertiary/aromatic N) is 5. The molecule has 4 aromatic heterocycles. The van der Waals surface area contributed by atoms with Crippen molar-refractivity contribution in [3.8, 4) is 17.3 Å².